The second kappa shape index (κ2) is 3.84. The average molecular weight is 225 g/mol. The number of nitrogens with zero attached hydrogens (tertiary/aromatic N) is 3. The van der Waals surface area contributed by atoms with E-state index in [1.54, 1.807) is 12.4 Å². The molecule has 3 nitrogen and oxygen atoms in total. The van der Waals surface area contributed by atoms with E-state index in [1.165, 1.54) is 11.3 Å². The van der Waals surface area contributed by atoms with Crippen LogP contribution in [0.3, 0.4) is 0 Å². The first-order chi connectivity index (χ1) is 8.29. The minimum absolute atomic E-state index is 0.398. The zero-order chi connectivity index (χ0) is 11.8. The maximum absolute atomic E-state index is 4.36. The van der Waals surface area contributed by atoms with E-state index in [1.807, 2.05) is 6.07 Å². The van der Waals surface area contributed by atoms with Gasteiger partial charge in [0.1, 0.15) is 0 Å². The van der Waals surface area contributed by atoms with Crippen molar-refractivity contribution in [1.82, 2.24) is 9.97 Å². The summed E-state index contributed by atoms with van der Waals surface area (Å²) >= 11 is 0. The molecule has 0 aliphatic carbocycles. The largest absolute Gasteiger partial charge is 0.307 e. The Kier molecular flexibility index (Phi) is 2.32. The van der Waals surface area contributed by atoms with E-state index in [9.17, 15) is 0 Å². The molecule has 0 saturated heterocycles. The Bertz CT molecular complexity index is 524. The molecule has 0 bridgehead atoms. The van der Waals surface area contributed by atoms with Crippen LogP contribution in [0.15, 0.2) is 42.7 Å². The Balaban J connectivity index is 2.13. The maximum Gasteiger partial charge on any atom is 0.230 e. The fourth-order valence-electron chi connectivity index (χ4n) is 2.50. The molecule has 17 heavy (non-hydrogen) atoms. The van der Waals surface area contributed by atoms with Crippen molar-refractivity contribution >= 4 is 11.6 Å². The summed E-state index contributed by atoms with van der Waals surface area (Å²) in [6, 6.07) is 10.7. The molecule has 0 radical (unpaired) electrons. The maximum atomic E-state index is 4.36. The van der Waals surface area contributed by atoms with Crippen LogP contribution in [0.25, 0.3) is 0 Å². The number of hydrogen-bond acceptors (Lipinski definition) is 3. The summed E-state index contributed by atoms with van der Waals surface area (Å²) in [5.74, 6) is 1.30. The lowest BCUT2D eigenvalue weighted by atomic mass is 9.99. The highest BCUT2D eigenvalue weighted by Crippen LogP contribution is 2.43. The molecule has 2 heterocycles. The molecule has 0 amide bonds. The van der Waals surface area contributed by atoms with Gasteiger partial charge in [-0.3, -0.25) is 0 Å². The molecular formula is C14H15N3. The standard InChI is InChI=1S/C14H15N3/c1-10-11(2)17(14-15-8-5-9-16-14)13-7-4-3-6-12(10)13/h3-11H,1-2H3. The van der Waals surface area contributed by atoms with Crippen molar-refractivity contribution < 1.29 is 0 Å². The fourth-order valence-corrected chi connectivity index (χ4v) is 2.50. The lowest BCUT2D eigenvalue weighted by Gasteiger charge is -2.23. The van der Waals surface area contributed by atoms with Crippen LogP contribution in [-0.2, 0) is 0 Å². The lowest BCUT2D eigenvalue weighted by Crippen LogP contribution is -2.27. The number of rotatable bonds is 1. The molecule has 0 saturated carbocycles. The van der Waals surface area contributed by atoms with Crippen LogP contribution in [0.2, 0.25) is 0 Å². The van der Waals surface area contributed by atoms with Crippen LogP contribution in [0.5, 0.6) is 0 Å². The van der Waals surface area contributed by atoms with Gasteiger partial charge in [-0.1, -0.05) is 25.1 Å². The normalized spacial score (nSPS) is 22.6. The summed E-state index contributed by atoms with van der Waals surface area (Å²) in [5.41, 5.74) is 2.62. The Hall–Kier alpha value is -1.90. The van der Waals surface area contributed by atoms with Crippen molar-refractivity contribution in [3.63, 3.8) is 0 Å². The van der Waals surface area contributed by atoms with Gasteiger partial charge in [0.25, 0.3) is 0 Å². The number of anilines is 2. The first-order valence-electron chi connectivity index (χ1n) is 5.94. The predicted octanol–water partition coefficient (Wildman–Crippen LogP) is 3.12. The third-order valence-electron chi connectivity index (χ3n) is 3.59. The second-order valence-corrected chi connectivity index (χ2v) is 4.51. The van der Waals surface area contributed by atoms with Crippen molar-refractivity contribution in [3.8, 4) is 0 Å². The molecular weight excluding hydrogens is 210 g/mol. The molecule has 3 heteroatoms. The Morgan fingerprint density at radius 2 is 1.71 bits per heavy atom. The Labute approximate surface area is 101 Å². The molecule has 0 N–H and O–H groups in total. The van der Waals surface area contributed by atoms with E-state index in [-0.39, 0.29) is 0 Å². The summed E-state index contributed by atoms with van der Waals surface area (Å²) in [5, 5.41) is 0. The number of hydrogen-bond donors (Lipinski definition) is 0. The van der Waals surface area contributed by atoms with Gasteiger partial charge in [-0.15, -0.1) is 0 Å². The molecule has 2 atom stereocenters. The van der Waals surface area contributed by atoms with Crippen molar-refractivity contribution in [1.29, 1.82) is 0 Å². The van der Waals surface area contributed by atoms with Gasteiger partial charge in [-0.2, -0.15) is 0 Å². The van der Waals surface area contributed by atoms with Crippen LogP contribution in [-0.4, -0.2) is 16.0 Å². The molecule has 0 fully saturated rings. The van der Waals surface area contributed by atoms with Gasteiger partial charge in [0.2, 0.25) is 5.95 Å². The van der Waals surface area contributed by atoms with Gasteiger partial charge in [-0.05, 0) is 24.6 Å². The summed E-state index contributed by atoms with van der Waals surface area (Å²) in [4.78, 5) is 10.9. The van der Waals surface area contributed by atoms with Gasteiger partial charge in [0, 0.05) is 30.0 Å². The highest BCUT2D eigenvalue weighted by molar-refractivity contribution is 5.68. The van der Waals surface area contributed by atoms with Crippen LogP contribution >= 0.6 is 0 Å². The van der Waals surface area contributed by atoms with Gasteiger partial charge in [0.15, 0.2) is 0 Å². The third kappa shape index (κ3) is 1.50. The predicted molar refractivity (Wildman–Crippen MR) is 68.5 cm³/mol. The molecule has 1 aromatic carbocycles. The van der Waals surface area contributed by atoms with Crippen LogP contribution < -0.4 is 4.90 Å². The van der Waals surface area contributed by atoms with Crippen LogP contribution in [0.1, 0.15) is 25.3 Å². The fraction of sp³-hybridized carbons (Fsp3) is 0.286. The first-order valence-corrected chi connectivity index (χ1v) is 5.94. The quantitative estimate of drug-likeness (QED) is 0.746. The van der Waals surface area contributed by atoms with Crippen LogP contribution in [0, 0.1) is 0 Å². The Morgan fingerprint density at radius 1 is 1.00 bits per heavy atom. The summed E-state index contributed by atoms with van der Waals surface area (Å²) in [6.45, 7) is 4.48. The van der Waals surface area contributed by atoms with E-state index >= 15 is 0 Å². The highest BCUT2D eigenvalue weighted by Gasteiger charge is 2.34. The monoisotopic (exact) mass is 225 g/mol. The van der Waals surface area contributed by atoms with E-state index in [4.69, 9.17) is 0 Å². The first kappa shape index (κ1) is 10.3. The van der Waals surface area contributed by atoms with Gasteiger partial charge in [0.05, 0.1) is 0 Å². The zero-order valence-corrected chi connectivity index (χ0v) is 10.0. The topological polar surface area (TPSA) is 29.0 Å². The van der Waals surface area contributed by atoms with Crippen molar-refractivity contribution in [2.75, 3.05) is 4.90 Å². The number of benzene rings is 1. The smallest absolute Gasteiger partial charge is 0.230 e. The molecule has 2 aromatic rings. The van der Waals surface area contributed by atoms with Crippen molar-refractivity contribution in [2.24, 2.45) is 0 Å². The van der Waals surface area contributed by atoms with E-state index in [2.05, 4.69) is 53.0 Å². The highest BCUT2D eigenvalue weighted by atomic mass is 15.3. The number of aromatic nitrogens is 2. The number of para-hydroxylation sites is 1. The summed E-state index contributed by atoms with van der Waals surface area (Å²) < 4.78 is 0. The molecule has 1 aliphatic heterocycles. The molecule has 86 valence electrons. The SMILES string of the molecule is CC1c2ccccc2N(c2ncccn2)C1C. The lowest BCUT2D eigenvalue weighted by molar-refractivity contribution is 0.633. The third-order valence-corrected chi connectivity index (χ3v) is 3.59. The molecule has 2 unspecified atom stereocenters. The number of fused-ring (bicyclic) bond motifs is 1. The van der Waals surface area contributed by atoms with Gasteiger partial charge in [-0.25, -0.2) is 9.97 Å². The second-order valence-electron chi connectivity index (χ2n) is 4.51. The van der Waals surface area contributed by atoms with Crippen LogP contribution in [0.4, 0.5) is 11.6 Å². The van der Waals surface area contributed by atoms with Gasteiger partial charge < -0.3 is 4.90 Å². The minimum Gasteiger partial charge on any atom is -0.307 e. The Morgan fingerprint density at radius 3 is 2.47 bits per heavy atom. The molecule has 1 aromatic heterocycles. The molecule has 1 aliphatic rings. The minimum atomic E-state index is 0.398. The molecule has 3 rings (SSSR count). The summed E-state index contributed by atoms with van der Waals surface area (Å²) in [7, 11) is 0. The van der Waals surface area contributed by atoms with Crippen molar-refractivity contribution in [2.45, 2.75) is 25.8 Å². The van der Waals surface area contributed by atoms with Crippen molar-refractivity contribution in [3.05, 3.63) is 48.3 Å². The van der Waals surface area contributed by atoms with E-state index < -0.39 is 0 Å². The van der Waals surface area contributed by atoms with E-state index in [0.29, 0.717) is 12.0 Å². The zero-order valence-electron chi connectivity index (χ0n) is 10.0. The summed E-state index contributed by atoms with van der Waals surface area (Å²) in [6.07, 6.45) is 3.58. The molecule has 0 spiro atoms. The van der Waals surface area contributed by atoms with E-state index in [0.717, 1.165) is 5.95 Å². The van der Waals surface area contributed by atoms with Gasteiger partial charge >= 0.3 is 0 Å². The average Bonchev–Trinajstić information content (AvgIpc) is 2.64.